The van der Waals surface area contributed by atoms with E-state index >= 15 is 0 Å². The first-order valence-corrected chi connectivity index (χ1v) is 10.5. The van der Waals surface area contributed by atoms with Gasteiger partial charge in [0, 0.05) is 5.69 Å². The summed E-state index contributed by atoms with van der Waals surface area (Å²) in [4.78, 5) is 12.5. The number of carbonyl (C=O) groups is 1. The number of benzene rings is 2. The highest BCUT2D eigenvalue weighted by atomic mass is 32.2. The van der Waals surface area contributed by atoms with E-state index in [4.69, 9.17) is 4.74 Å². The van der Waals surface area contributed by atoms with Crippen LogP contribution in [0.1, 0.15) is 0 Å². The summed E-state index contributed by atoms with van der Waals surface area (Å²) in [7, 11) is -2.58. The zero-order chi connectivity index (χ0) is 20.1. The largest absolute Gasteiger partial charge is 0.497 e. The third-order valence-electron chi connectivity index (χ3n) is 3.82. The Labute approximate surface area is 166 Å². The zero-order valence-electron chi connectivity index (χ0n) is 14.8. The van der Waals surface area contributed by atoms with Gasteiger partial charge in [-0.15, -0.1) is 11.3 Å². The summed E-state index contributed by atoms with van der Waals surface area (Å²) < 4.78 is 46.2. The second-order valence-corrected chi connectivity index (χ2v) is 8.71. The second-order valence-electron chi connectivity index (χ2n) is 5.67. The van der Waals surface area contributed by atoms with E-state index in [2.05, 4.69) is 5.32 Å². The lowest BCUT2D eigenvalue weighted by Crippen LogP contribution is -2.38. The number of carbonyl (C=O) groups excluding carboxylic acids is 1. The van der Waals surface area contributed by atoms with Gasteiger partial charge in [0.05, 0.1) is 12.8 Å². The monoisotopic (exact) mass is 420 g/mol. The predicted octanol–water partition coefficient (Wildman–Crippen LogP) is 3.73. The number of rotatable bonds is 7. The van der Waals surface area contributed by atoms with E-state index < -0.39 is 28.3 Å². The normalized spacial score (nSPS) is 11.1. The molecule has 2 aromatic carbocycles. The Morgan fingerprint density at radius 1 is 1.11 bits per heavy atom. The van der Waals surface area contributed by atoms with Gasteiger partial charge in [-0.3, -0.25) is 9.10 Å². The predicted molar refractivity (Wildman–Crippen MR) is 107 cm³/mol. The first kappa shape index (κ1) is 19.8. The standard InChI is InChI=1S/C19H17FN2O4S2/c1-26-15-10-8-14(9-11-15)21-18(23)13-22(17-6-3-2-5-16(17)20)28(24,25)19-7-4-12-27-19/h2-12H,13H2,1H3,(H,21,23). The fourth-order valence-corrected chi connectivity index (χ4v) is 5.01. The smallest absolute Gasteiger partial charge is 0.274 e. The van der Waals surface area contributed by atoms with Crippen LogP contribution >= 0.6 is 11.3 Å². The molecule has 0 fully saturated rings. The Bertz CT molecular complexity index is 1050. The van der Waals surface area contributed by atoms with Crippen LogP contribution in [0.2, 0.25) is 0 Å². The van der Waals surface area contributed by atoms with Crippen molar-refractivity contribution in [1.29, 1.82) is 0 Å². The van der Waals surface area contributed by atoms with Crippen LogP contribution < -0.4 is 14.4 Å². The van der Waals surface area contributed by atoms with E-state index in [0.29, 0.717) is 11.4 Å². The summed E-state index contributed by atoms with van der Waals surface area (Å²) in [5.41, 5.74) is 0.272. The van der Waals surface area contributed by atoms with Gasteiger partial charge in [-0.05, 0) is 47.8 Å². The number of nitrogens with zero attached hydrogens (tertiary/aromatic N) is 1. The second kappa shape index (κ2) is 8.41. The molecular formula is C19H17FN2O4S2. The van der Waals surface area contributed by atoms with Crippen LogP contribution in [0.3, 0.4) is 0 Å². The van der Waals surface area contributed by atoms with Crippen molar-refractivity contribution in [2.75, 3.05) is 23.3 Å². The average Bonchev–Trinajstić information content (AvgIpc) is 3.23. The molecule has 0 aliphatic heterocycles. The Morgan fingerprint density at radius 3 is 2.43 bits per heavy atom. The van der Waals surface area contributed by atoms with Crippen molar-refractivity contribution in [3.63, 3.8) is 0 Å². The van der Waals surface area contributed by atoms with Gasteiger partial charge in [0.15, 0.2) is 0 Å². The van der Waals surface area contributed by atoms with Crippen LogP contribution in [-0.4, -0.2) is 28.0 Å². The molecule has 3 aromatic rings. The minimum Gasteiger partial charge on any atom is -0.497 e. The molecule has 28 heavy (non-hydrogen) atoms. The number of thiophene rings is 1. The van der Waals surface area contributed by atoms with Gasteiger partial charge in [0.1, 0.15) is 22.3 Å². The Morgan fingerprint density at radius 2 is 1.82 bits per heavy atom. The third-order valence-corrected chi connectivity index (χ3v) is 6.95. The Hall–Kier alpha value is -2.91. The summed E-state index contributed by atoms with van der Waals surface area (Å²) in [6.45, 7) is -0.576. The van der Waals surface area contributed by atoms with E-state index in [1.54, 1.807) is 35.7 Å². The lowest BCUT2D eigenvalue weighted by atomic mass is 10.3. The number of nitrogens with one attached hydrogen (secondary N) is 1. The maximum absolute atomic E-state index is 14.3. The van der Waals surface area contributed by atoms with Crippen molar-refractivity contribution in [3.8, 4) is 5.75 Å². The number of hydrogen-bond acceptors (Lipinski definition) is 5. The van der Waals surface area contributed by atoms with Gasteiger partial charge in [0.25, 0.3) is 10.0 Å². The first-order chi connectivity index (χ1) is 13.4. The van der Waals surface area contributed by atoms with Gasteiger partial charge in [-0.25, -0.2) is 12.8 Å². The zero-order valence-corrected chi connectivity index (χ0v) is 16.5. The SMILES string of the molecule is COc1ccc(NC(=O)CN(c2ccccc2F)S(=O)(=O)c2cccs2)cc1. The van der Waals surface area contributed by atoms with Gasteiger partial charge in [-0.1, -0.05) is 18.2 Å². The minimum absolute atomic E-state index is 0.0213. The van der Waals surface area contributed by atoms with Crippen LogP contribution in [0.15, 0.2) is 70.3 Å². The number of anilines is 2. The van der Waals surface area contributed by atoms with Crippen LogP contribution in [0.5, 0.6) is 5.75 Å². The van der Waals surface area contributed by atoms with Crippen molar-refractivity contribution >= 4 is 38.6 Å². The molecule has 0 radical (unpaired) electrons. The number of methoxy groups -OCH3 is 1. The number of para-hydroxylation sites is 1. The molecule has 1 amide bonds. The van der Waals surface area contributed by atoms with Crippen molar-refractivity contribution in [2.45, 2.75) is 4.21 Å². The van der Waals surface area contributed by atoms with Gasteiger partial charge in [-0.2, -0.15) is 0 Å². The highest BCUT2D eigenvalue weighted by molar-refractivity contribution is 7.94. The number of halogens is 1. The van der Waals surface area contributed by atoms with Crippen molar-refractivity contribution in [3.05, 3.63) is 71.9 Å². The number of amides is 1. The summed E-state index contributed by atoms with van der Waals surface area (Å²) in [6.07, 6.45) is 0. The molecule has 9 heteroatoms. The molecule has 0 saturated heterocycles. The lowest BCUT2D eigenvalue weighted by Gasteiger charge is -2.23. The molecular weight excluding hydrogens is 403 g/mol. The van der Waals surface area contributed by atoms with Crippen LogP contribution in [-0.2, 0) is 14.8 Å². The van der Waals surface area contributed by atoms with E-state index in [9.17, 15) is 17.6 Å². The summed E-state index contributed by atoms with van der Waals surface area (Å²) in [5, 5.41) is 4.21. The molecule has 0 atom stereocenters. The fraction of sp³-hybridized carbons (Fsp3) is 0.105. The van der Waals surface area contributed by atoms with Gasteiger partial charge >= 0.3 is 0 Å². The molecule has 1 heterocycles. The van der Waals surface area contributed by atoms with Gasteiger partial charge in [0.2, 0.25) is 5.91 Å². The highest BCUT2D eigenvalue weighted by Gasteiger charge is 2.29. The molecule has 0 aliphatic carbocycles. The average molecular weight is 420 g/mol. The minimum atomic E-state index is -4.10. The summed E-state index contributed by atoms with van der Waals surface area (Å²) in [5.74, 6) is -0.723. The molecule has 1 aromatic heterocycles. The quantitative estimate of drug-likeness (QED) is 0.632. The van der Waals surface area contributed by atoms with E-state index in [0.717, 1.165) is 21.7 Å². The third kappa shape index (κ3) is 4.32. The summed E-state index contributed by atoms with van der Waals surface area (Å²) in [6, 6.07) is 15.0. The Kier molecular flexibility index (Phi) is 5.96. The van der Waals surface area contributed by atoms with Crippen LogP contribution in [0.25, 0.3) is 0 Å². The van der Waals surface area contributed by atoms with E-state index in [1.165, 1.54) is 31.4 Å². The van der Waals surface area contributed by atoms with Gasteiger partial charge < -0.3 is 10.1 Å². The number of hydrogen-bond donors (Lipinski definition) is 1. The number of sulfonamides is 1. The molecule has 0 spiro atoms. The lowest BCUT2D eigenvalue weighted by molar-refractivity contribution is -0.114. The van der Waals surface area contributed by atoms with Crippen molar-refractivity contribution in [1.82, 2.24) is 0 Å². The molecule has 0 bridgehead atoms. The van der Waals surface area contributed by atoms with Crippen LogP contribution in [0.4, 0.5) is 15.8 Å². The molecule has 0 saturated carbocycles. The molecule has 3 rings (SSSR count). The Balaban J connectivity index is 1.89. The molecule has 146 valence electrons. The fourth-order valence-electron chi connectivity index (χ4n) is 2.48. The van der Waals surface area contributed by atoms with E-state index in [-0.39, 0.29) is 9.90 Å². The maximum Gasteiger partial charge on any atom is 0.274 e. The van der Waals surface area contributed by atoms with Crippen molar-refractivity contribution in [2.24, 2.45) is 0 Å². The summed E-state index contributed by atoms with van der Waals surface area (Å²) >= 11 is 0.996. The maximum atomic E-state index is 14.3. The topological polar surface area (TPSA) is 75.7 Å². The van der Waals surface area contributed by atoms with E-state index in [1.807, 2.05) is 0 Å². The number of ether oxygens (including phenoxy) is 1. The molecule has 0 aliphatic rings. The van der Waals surface area contributed by atoms with Crippen molar-refractivity contribution < 1.29 is 22.3 Å². The van der Waals surface area contributed by atoms with Crippen LogP contribution in [0, 0.1) is 5.82 Å². The molecule has 6 nitrogen and oxygen atoms in total. The molecule has 0 unspecified atom stereocenters. The highest BCUT2D eigenvalue weighted by Crippen LogP contribution is 2.28. The first-order valence-electron chi connectivity index (χ1n) is 8.16. The molecule has 1 N–H and O–H groups in total.